The topological polar surface area (TPSA) is 24.5 Å². The lowest BCUT2D eigenvalue weighted by Gasteiger charge is -2.36. The number of hydrogen-bond acceptors (Lipinski definition) is 3. The minimum atomic E-state index is 0.253. The molecule has 1 spiro atoms. The average Bonchev–Trinajstić information content (AvgIpc) is 2.75. The molecule has 1 N–H and O–H groups in total. The molecule has 0 aromatic rings. The van der Waals surface area contributed by atoms with Crippen LogP contribution in [0, 0.1) is 0 Å². The molecule has 0 radical (unpaired) electrons. The second-order valence-corrected chi connectivity index (χ2v) is 5.69. The van der Waals surface area contributed by atoms with E-state index in [0.717, 1.165) is 12.6 Å². The molecule has 0 aliphatic carbocycles. The van der Waals surface area contributed by atoms with E-state index < -0.39 is 0 Å². The van der Waals surface area contributed by atoms with Gasteiger partial charge in [0.2, 0.25) is 0 Å². The maximum atomic E-state index is 6.09. The fourth-order valence-corrected chi connectivity index (χ4v) is 3.59. The van der Waals surface area contributed by atoms with E-state index in [-0.39, 0.29) is 5.60 Å². The van der Waals surface area contributed by atoms with E-state index in [0.29, 0.717) is 0 Å². The molecule has 3 aliphatic heterocycles. The number of nitrogens with zero attached hydrogens (tertiary/aromatic N) is 1. The summed E-state index contributed by atoms with van der Waals surface area (Å²) >= 11 is 0. The van der Waals surface area contributed by atoms with E-state index >= 15 is 0 Å². The van der Waals surface area contributed by atoms with Crippen molar-refractivity contribution in [2.45, 2.75) is 50.2 Å². The summed E-state index contributed by atoms with van der Waals surface area (Å²) in [7, 11) is 0. The van der Waals surface area contributed by atoms with Crippen LogP contribution in [0.1, 0.15) is 38.5 Å². The molecule has 0 aromatic carbocycles. The van der Waals surface area contributed by atoms with Crippen molar-refractivity contribution in [3.05, 3.63) is 0 Å². The van der Waals surface area contributed by atoms with Crippen molar-refractivity contribution >= 4 is 0 Å². The van der Waals surface area contributed by atoms with E-state index in [2.05, 4.69) is 10.2 Å². The third kappa shape index (κ3) is 2.13. The molecule has 16 heavy (non-hydrogen) atoms. The Labute approximate surface area is 98.5 Å². The normalized spacial score (nSPS) is 38.2. The Bertz CT molecular complexity index is 232. The molecular weight excluding hydrogens is 200 g/mol. The van der Waals surface area contributed by atoms with Gasteiger partial charge < -0.3 is 10.1 Å². The predicted molar refractivity (Wildman–Crippen MR) is 64.6 cm³/mol. The molecule has 3 rings (SSSR count). The molecule has 3 heterocycles. The molecule has 0 amide bonds. The highest BCUT2D eigenvalue weighted by Crippen LogP contribution is 2.35. The van der Waals surface area contributed by atoms with Gasteiger partial charge in [-0.3, -0.25) is 4.90 Å². The van der Waals surface area contributed by atoms with E-state index in [1.54, 1.807) is 0 Å². The van der Waals surface area contributed by atoms with Gasteiger partial charge in [-0.25, -0.2) is 0 Å². The second-order valence-electron chi connectivity index (χ2n) is 5.69. The van der Waals surface area contributed by atoms with Crippen LogP contribution < -0.4 is 5.32 Å². The van der Waals surface area contributed by atoms with Crippen molar-refractivity contribution in [1.82, 2.24) is 10.2 Å². The molecule has 3 aliphatic rings. The van der Waals surface area contributed by atoms with Gasteiger partial charge in [0.1, 0.15) is 0 Å². The maximum absolute atomic E-state index is 6.09. The second kappa shape index (κ2) is 4.63. The summed E-state index contributed by atoms with van der Waals surface area (Å²) < 4.78 is 6.09. The summed E-state index contributed by atoms with van der Waals surface area (Å²) in [5.74, 6) is 0. The number of piperidine rings is 1. The Morgan fingerprint density at radius 3 is 2.75 bits per heavy atom. The molecule has 1 atom stereocenters. The standard InChI is InChI=1S/C13H24N2O/c1-2-10-16-13(5-1)6-9-15(11-13)12-3-7-14-8-4-12/h12,14H,1-11H2/t13-/m1/s1. The maximum Gasteiger partial charge on any atom is 0.0821 e. The van der Waals surface area contributed by atoms with Gasteiger partial charge in [0, 0.05) is 25.7 Å². The van der Waals surface area contributed by atoms with E-state index in [1.807, 2.05) is 0 Å². The molecule has 0 unspecified atom stereocenters. The quantitative estimate of drug-likeness (QED) is 0.728. The van der Waals surface area contributed by atoms with Gasteiger partial charge in [0.05, 0.1) is 5.60 Å². The third-order valence-corrected chi connectivity index (χ3v) is 4.61. The van der Waals surface area contributed by atoms with E-state index in [9.17, 15) is 0 Å². The first-order chi connectivity index (χ1) is 7.88. The lowest BCUT2D eigenvalue weighted by atomic mass is 9.93. The predicted octanol–water partition coefficient (Wildman–Crippen LogP) is 1.38. The summed E-state index contributed by atoms with van der Waals surface area (Å²) in [5.41, 5.74) is 0.253. The van der Waals surface area contributed by atoms with Gasteiger partial charge >= 0.3 is 0 Å². The van der Waals surface area contributed by atoms with Gasteiger partial charge in [0.15, 0.2) is 0 Å². The minimum absolute atomic E-state index is 0.253. The Balaban J connectivity index is 1.58. The molecule has 3 saturated heterocycles. The molecule has 3 nitrogen and oxygen atoms in total. The zero-order valence-corrected chi connectivity index (χ0v) is 10.2. The zero-order chi connectivity index (χ0) is 10.8. The van der Waals surface area contributed by atoms with Crippen molar-refractivity contribution in [1.29, 1.82) is 0 Å². The van der Waals surface area contributed by atoms with Crippen LogP contribution in [-0.2, 0) is 4.74 Å². The number of nitrogens with one attached hydrogen (secondary N) is 1. The van der Waals surface area contributed by atoms with Crippen LogP contribution in [-0.4, -0.2) is 49.3 Å². The largest absolute Gasteiger partial charge is 0.374 e. The number of rotatable bonds is 1. The zero-order valence-electron chi connectivity index (χ0n) is 10.2. The molecule has 3 fully saturated rings. The number of likely N-dealkylation sites (tertiary alicyclic amines) is 1. The van der Waals surface area contributed by atoms with Crippen molar-refractivity contribution < 1.29 is 4.74 Å². The van der Waals surface area contributed by atoms with Crippen LogP contribution in [0.5, 0.6) is 0 Å². The van der Waals surface area contributed by atoms with Crippen molar-refractivity contribution in [2.75, 3.05) is 32.8 Å². The Morgan fingerprint density at radius 1 is 1.12 bits per heavy atom. The third-order valence-electron chi connectivity index (χ3n) is 4.61. The summed E-state index contributed by atoms with van der Waals surface area (Å²) in [4.78, 5) is 2.70. The van der Waals surface area contributed by atoms with Gasteiger partial charge in [-0.05, 0) is 51.6 Å². The fourth-order valence-electron chi connectivity index (χ4n) is 3.59. The van der Waals surface area contributed by atoms with Crippen LogP contribution in [0.4, 0.5) is 0 Å². The Kier molecular flexibility index (Phi) is 3.18. The lowest BCUT2D eigenvalue weighted by Crippen LogP contribution is -2.45. The summed E-state index contributed by atoms with van der Waals surface area (Å²) in [6, 6.07) is 0.825. The molecule has 0 bridgehead atoms. The molecule has 3 heteroatoms. The van der Waals surface area contributed by atoms with E-state index in [4.69, 9.17) is 4.74 Å². The fraction of sp³-hybridized carbons (Fsp3) is 1.00. The SMILES string of the molecule is C1CC[C@]2(CCN(C3CCNCC3)C2)OC1. The summed E-state index contributed by atoms with van der Waals surface area (Å²) in [6.07, 6.45) is 7.88. The summed E-state index contributed by atoms with van der Waals surface area (Å²) in [6.45, 7) is 5.88. The van der Waals surface area contributed by atoms with Crippen molar-refractivity contribution in [2.24, 2.45) is 0 Å². The van der Waals surface area contributed by atoms with Crippen LogP contribution in [0.15, 0.2) is 0 Å². The minimum Gasteiger partial charge on any atom is -0.374 e. The lowest BCUT2D eigenvalue weighted by molar-refractivity contribution is -0.0719. The highest BCUT2D eigenvalue weighted by molar-refractivity contribution is 4.96. The van der Waals surface area contributed by atoms with E-state index in [1.165, 1.54) is 64.7 Å². The first-order valence-electron chi connectivity index (χ1n) is 6.97. The van der Waals surface area contributed by atoms with Crippen LogP contribution >= 0.6 is 0 Å². The highest BCUT2D eigenvalue weighted by atomic mass is 16.5. The van der Waals surface area contributed by atoms with Gasteiger partial charge in [0.25, 0.3) is 0 Å². The van der Waals surface area contributed by atoms with Crippen molar-refractivity contribution in [3.63, 3.8) is 0 Å². The molecular formula is C13H24N2O. The Hall–Kier alpha value is -0.120. The molecule has 92 valence electrons. The van der Waals surface area contributed by atoms with Gasteiger partial charge in [-0.15, -0.1) is 0 Å². The smallest absolute Gasteiger partial charge is 0.0821 e. The monoisotopic (exact) mass is 224 g/mol. The number of ether oxygens (including phenoxy) is 1. The van der Waals surface area contributed by atoms with Crippen LogP contribution in [0.25, 0.3) is 0 Å². The van der Waals surface area contributed by atoms with Crippen molar-refractivity contribution in [3.8, 4) is 0 Å². The van der Waals surface area contributed by atoms with Gasteiger partial charge in [-0.1, -0.05) is 0 Å². The van der Waals surface area contributed by atoms with Crippen LogP contribution in [0.2, 0.25) is 0 Å². The first kappa shape index (κ1) is 11.0. The van der Waals surface area contributed by atoms with Crippen LogP contribution in [0.3, 0.4) is 0 Å². The molecule has 0 saturated carbocycles. The van der Waals surface area contributed by atoms with Gasteiger partial charge in [-0.2, -0.15) is 0 Å². The summed E-state index contributed by atoms with van der Waals surface area (Å²) in [5, 5.41) is 3.45. The number of hydrogen-bond donors (Lipinski definition) is 1. The Morgan fingerprint density at radius 2 is 2.00 bits per heavy atom. The molecule has 0 aromatic heterocycles. The highest BCUT2D eigenvalue weighted by Gasteiger charge is 2.42. The first-order valence-corrected chi connectivity index (χ1v) is 6.97. The average molecular weight is 224 g/mol.